The Hall–Kier alpha value is -2.63. The first kappa shape index (κ1) is 13.8. The van der Waals surface area contributed by atoms with Crippen molar-refractivity contribution in [3.63, 3.8) is 0 Å². The second-order valence-electron chi connectivity index (χ2n) is 4.19. The predicted molar refractivity (Wildman–Crippen MR) is 76.3 cm³/mol. The highest BCUT2D eigenvalue weighted by atomic mass is 16.6. The maximum atomic E-state index is 11.0. The first-order chi connectivity index (χ1) is 9.61. The molecular weight excluding hydrogens is 258 g/mol. The molecule has 0 aliphatic rings. The molecule has 0 aliphatic heterocycles. The van der Waals surface area contributed by atoms with Gasteiger partial charge in [0.15, 0.2) is 0 Å². The monoisotopic (exact) mass is 273 g/mol. The summed E-state index contributed by atoms with van der Waals surface area (Å²) < 4.78 is 5.67. The maximum Gasteiger partial charge on any atom is 0.311 e. The second kappa shape index (κ2) is 6.01. The van der Waals surface area contributed by atoms with E-state index in [1.54, 1.807) is 37.4 Å². The Morgan fingerprint density at radius 3 is 2.90 bits per heavy atom. The zero-order valence-corrected chi connectivity index (χ0v) is 11.3. The molecule has 2 rings (SSSR count). The summed E-state index contributed by atoms with van der Waals surface area (Å²) in [6.07, 6.45) is 1.59. The Balaban J connectivity index is 2.34. The smallest absolute Gasteiger partial charge is 0.311 e. The molecule has 0 aliphatic carbocycles. The van der Waals surface area contributed by atoms with E-state index >= 15 is 0 Å². The molecule has 0 fully saturated rings. The van der Waals surface area contributed by atoms with Crippen LogP contribution in [0.5, 0.6) is 11.5 Å². The van der Waals surface area contributed by atoms with Crippen molar-refractivity contribution in [2.45, 2.75) is 13.8 Å². The van der Waals surface area contributed by atoms with Crippen LogP contribution in [0.1, 0.15) is 12.5 Å². The molecule has 6 nitrogen and oxygen atoms in total. The minimum absolute atomic E-state index is 0.0492. The Bertz CT molecular complexity index is 629. The summed E-state index contributed by atoms with van der Waals surface area (Å²) in [6, 6.07) is 8.21. The summed E-state index contributed by atoms with van der Waals surface area (Å²) in [7, 11) is 0. The molecule has 1 N–H and O–H groups in total. The number of nitro benzene ring substituents is 1. The van der Waals surface area contributed by atoms with E-state index in [2.05, 4.69) is 10.3 Å². The molecule has 0 saturated carbocycles. The molecule has 2 aromatic rings. The van der Waals surface area contributed by atoms with Crippen molar-refractivity contribution in [1.82, 2.24) is 4.98 Å². The van der Waals surface area contributed by atoms with Gasteiger partial charge in [-0.2, -0.15) is 0 Å². The van der Waals surface area contributed by atoms with Crippen LogP contribution in [0, 0.1) is 17.0 Å². The first-order valence-electron chi connectivity index (χ1n) is 6.23. The Morgan fingerprint density at radius 2 is 2.20 bits per heavy atom. The number of hydrogen-bond acceptors (Lipinski definition) is 5. The van der Waals surface area contributed by atoms with Gasteiger partial charge in [0, 0.05) is 24.9 Å². The van der Waals surface area contributed by atoms with Crippen LogP contribution >= 0.6 is 0 Å². The molecule has 6 heteroatoms. The summed E-state index contributed by atoms with van der Waals surface area (Å²) >= 11 is 0. The van der Waals surface area contributed by atoms with Gasteiger partial charge in [-0.3, -0.25) is 10.1 Å². The quantitative estimate of drug-likeness (QED) is 0.666. The van der Waals surface area contributed by atoms with Gasteiger partial charge in [0.25, 0.3) is 0 Å². The van der Waals surface area contributed by atoms with E-state index in [9.17, 15) is 10.1 Å². The summed E-state index contributed by atoms with van der Waals surface area (Å²) in [6.45, 7) is 4.47. The van der Waals surface area contributed by atoms with Gasteiger partial charge in [-0.05, 0) is 25.5 Å². The number of anilines is 1. The van der Waals surface area contributed by atoms with Gasteiger partial charge < -0.3 is 10.1 Å². The molecule has 0 bridgehead atoms. The van der Waals surface area contributed by atoms with Gasteiger partial charge >= 0.3 is 5.69 Å². The molecule has 0 spiro atoms. The van der Waals surface area contributed by atoms with E-state index in [-0.39, 0.29) is 11.4 Å². The summed E-state index contributed by atoms with van der Waals surface area (Å²) in [5.41, 5.74) is 0.660. The molecule has 1 heterocycles. The van der Waals surface area contributed by atoms with Gasteiger partial charge in [-0.25, -0.2) is 4.98 Å². The van der Waals surface area contributed by atoms with Crippen molar-refractivity contribution in [2.75, 3.05) is 11.9 Å². The van der Waals surface area contributed by atoms with Gasteiger partial charge in [0.1, 0.15) is 11.6 Å². The highest BCUT2D eigenvalue weighted by Crippen LogP contribution is 2.34. The molecule has 20 heavy (non-hydrogen) atoms. The minimum atomic E-state index is -0.450. The maximum absolute atomic E-state index is 11.0. The number of hydrogen-bond donors (Lipinski definition) is 1. The van der Waals surface area contributed by atoms with E-state index in [1.807, 2.05) is 6.92 Å². The number of ether oxygens (including phenoxy) is 1. The number of pyridine rings is 1. The van der Waals surface area contributed by atoms with E-state index < -0.39 is 4.92 Å². The van der Waals surface area contributed by atoms with E-state index in [4.69, 9.17) is 4.74 Å². The van der Waals surface area contributed by atoms with E-state index in [0.29, 0.717) is 17.1 Å². The number of nitrogens with one attached hydrogen (secondary N) is 1. The normalized spacial score (nSPS) is 10.1. The molecule has 0 radical (unpaired) electrons. The van der Waals surface area contributed by atoms with Crippen molar-refractivity contribution < 1.29 is 9.66 Å². The summed E-state index contributed by atoms with van der Waals surface area (Å²) in [5, 5.41) is 14.1. The van der Waals surface area contributed by atoms with Crippen LogP contribution in [0.4, 0.5) is 11.5 Å². The Kier molecular flexibility index (Phi) is 4.14. The third-order valence-corrected chi connectivity index (χ3v) is 2.70. The minimum Gasteiger partial charge on any atom is -0.450 e. The average molecular weight is 273 g/mol. The predicted octanol–water partition coefficient (Wildman–Crippen LogP) is 3.52. The SMILES string of the molecule is CCNc1cc(Oc2c(C)cccc2[N+](=O)[O-])ccn1. The van der Waals surface area contributed by atoms with Crippen LogP contribution in [-0.4, -0.2) is 16.5 Å². The molecular formula is C14H15N3O3. The fourth-order valence-corrected chi connectivity index (χ4v) is 1.78. The van der Waals surface area contributed by atoms with Crippen LogP contribution in [0.3, 0.4) is 0 Å². The zero-order chi connectivity index (χ0) is 14.5. The largest absolute Gasteiger partial charge is 0.450 e. The molecule has 1 aromatic heterocycles. The number of benzene rings is 1. The van der Waals surface area contributed by atoms with Crippen molar-refractivity contribution in [1.29, 1.82) is 0 Å². The van der Waals surface area contributed by atoms with Crippen molar-refractivity contribution in [2.24, 2.45) is 0 Å². The van der Waals surface area contributed by atoms with Crippen molar-refractivity contribution >= 4 is 11.5 Å². The number of rotatable bonds is 5. The fraction of sp³-hybridized carbons (Fsp3) is 0.214. The standard InChI is InChI=1S/C14H15N3O3/c1-3-15-13-9-11(7-8-16-13)20-14-10(2)5-4-6-12(14)17(18)19/h4-9H,3H2,1-2H3,(H,15,16). The average Bonchev–Trinajstić information content (AvgIpc) is 2.41. The molecule has 104 valence electrons. The van der Waals surface area contributed by atoms with Crippen LogP contribution in [0.2, 0.25) is 0 Å². The van der Waals surface area contributed by atoms with Crippen LogP contribution in [0.15, 0.2) is 36.5 Å². The highest BCUT2D eigenvalue weighted by molar-refractivity contribution is 5.53. The lowest BCUT2D eigenvalue weighted by Gasteiger charge is -2.10. The lowest BCUT2D eigenvalue weighted by molar-refractivity contribution is -0.385. The van der Waals surface area contributed by atoms with Crippen molar-refractivity contribution in [3.05, 3.63) is 52.2 Å². The van der Waals surface area contributed by atoms with Gasteiger partial charge in [0.05, 0.1) is 4.92 Å². The zero-order valence-electron chi connectivity index (χ0n) is 11.3. The molecule has 1 aromatic carbocycles. The Morgan fingerprint density at radius 1 is 1.40 bits per heavy atom. The van der Waals surface area contributed by atoms with Gasteiger partial charge in [-0.15, -0.1) is 0 Å². The highest BCUT2D eigenvalue weighted by Gasteiger charge is 2.17. The van der Waals surface area contributed by atoms with Crippen LogP contribution < -0.4 is 10.1 Å². The number of para-hydroxylation sites is 1. The number of nitrogens with zero attached hydrogens (tertiary/aromatic N) is 2. The van der Waals surface area contributed by atoms with E-state index in [0.717, 1.165) is 6.54 Å². The third kappa shape index (κ3) is 3.03. The molecule has 0 amide bonds. The number of aromatic nitrogens is 1. The number of aryl methyl sites for hydroxylation is 1. The second-order valence-corrected chi connectivity index (χ2v) is 4.19. The lowest BCUT2D eigenvalue weighted by Crippen LogP contribution is -2.00. The van der Waals surface area contributed by atoms with Crippen LogP contribution in [0.25, 0.3) is 0 Å². The topological polar surface area (TPSA) is 77.3 Å². The Labute approximate surface area is 116 Å². The van der Waals surface area contributed by atoms with E-state index in [1.165, 1.54) is 6.07 Å². The molecule has 0 atom stereocenters. The molecule has 0 unspecified atom stereocenters. The fourth-order valence-electron chi connectivity index (χ4n) is 1.78. The van der Waals surface area contributed by atoms with Gasteiger partial charge in [-0.1, -0.05) is 12.1 Å². The summed E-state index contributed by atoms with van der Waals surface area (Å²) in [5.74, 6) is 1.43. The van der Waals surface area contributed by atoms with Gasteiger partial charge in [0.2, 0.25) is 5.75 Å². The lowest BCUT2D eigenvalue weighted by atomic mass is 10.2. The third-order valence-electron chi connectivity index (χ3n) is 2.70. The summed E-state index contributed by atoms with van der Waals surface area (Å²) in [4.78, 5) is 14.7. The van der Waals surface area contributed by atoms with Crippen molar-refractivity contribution in [3.8, 4) is 11.5 Å². The molecule has 0 saturated heterocycles. The number of nitro groups is 1. The first-order valence-corrected chi connectivity index (χ1v) is 6.23. The van der Waals surface area contributed by atoms with Crippen LogP contribution in [-0.2, 0) is 0 Å².